The zero-order chi connectivity index (χ0) is 36.8. The van der Waals surface area contributed by atoms with Crippen molar-refractivity contribution < 1.29 is 34.0 Å². The second-order valence-electron chi connectivity index (χ2n) is 11.4. The molecule has 7 unspecified atom stereocenters. The molecule has 9 atom stereocenters. The average Bonchev–Trinajstić information content (AvgIpc) is 3.06. The summed E-state index contributed by atoms with van der Waals surface area (Å²) in [5, 5.41) is 21.0. The highest BCUT2D eigenvalue weighted by Crippen LogP contribution is 2.29. The minimum atomic E-state index is -0.819. The molecule has 1 aliphatic heterocycles. The summed E-state index contributed by atoms with van der Waals surface area (Å²) >= 11 is 0. The van der Waals surface area contributed by atoms with Gasteiger partial charge in [0.2, 0.25) is 5.78 Å². The molecular weight excluding hydrogens is 580 g/mol. The number of allylic oxidation sites excluding steroid dienone is 1. The third-order valence-corrected chi connectivity index (χ3v) is 7.32. The van der Waals surface area contributed by atoms with Gasteiger partial charge in [-0.1, -0.05) is 90.0 Å². The van der Waals surface area contributed by atoms with E-state index in [0.717, 1.165) is 25.7 Å². The number of carbonyl (C=O) groups excluding carboxylic acids is 1. The zero-order valence-electron chi connectivity index (χ0n) is 33.0. The molecule has 1 rings (SSSR count). The van der Waals surface area contributed by atoms with Crippen LogP contribution in [0.1, 0.15) is 149 Å². The Morgan fingerprint density at radius 2 is 1.54 bits per heavy atom. The number of carbonyl (C=O) groups is 1. The van der Waals surface area contributed by atoms with Crippen LogP contribution in [-0.2, 0) is 23.7 Å². The Morgan fingerprint density at radius 3 is 2.00 bits per heavy atom. The molecule has 1 heterocycles. The molecule has 7 nitrogen and oxygen atoms in total. The van der Waals surface area contributed by atoms with Gasteiger partial charge in [-0.2, -0.15) is 0 Å². The number of rotatable bonds is 18. The molecule has 2 N–H and O–H groups in total. The highest BCUT2D eigenvalue weighted by atomic mass is 16.7. The molecule has 0 saturated carbocycles. The second kappa shape index (κ2) is 33.5. The minimum Gasteiger partial charge on any atom is -0.512 e. The van der Waals surface area contributed by atoms with Crippen LogP contribution in [-0.4, -0.2) is 66.0 Å². The van der Waals surface area contributed by atoms with Crippen LogP contribution in [0.2, 0.25) is 0 Å². The summed E-state index contributed by atoms with van der Waals surface area (Å²) in [6.45, 7) is 33.1. The number of aliphatic hydroxyl groups is 2. The molecular formula is C39H78O7. The second-order valence-corrected chi connectivity index (χ2v) is 11.4. The lowest BCUT2D eigenvalue weighted by atomic mass is 9.93. The van der Waals surface area contributed by atoms with Gasteiger partial charge in [-0.15, -0.1) is 6.42 Å². The van der Waals surface area contributed by atoms with Gasteiger partial charge < -0.3 is 29.2 Å². The monoisotopic (exact) mass is 659 g/mol. The van der Waals surface area contributed by atoms with Gasteiger partial charge in [0.1, 0.15) is 11.9 Å². The zero-order valence-corrected chi connectivity index (χ0v) is 33.0. The fourth-order valence-corrected chi connectivity index (χ4v) is 5.09. The summed E-state index contributed by atoms with van der Waals surface area (Å²) in [5.41, 5.74) is 0. The summed E-state index contributed by atoms with van der Waals surface area (Å²) in [6, 6.07) is 0. The number of terminal acetylenes is 1. The molecule has 7 heteroatoms. The van der Waals surface area contributed by atoms with Crippen molar-refractivity contribution in [1.29, 1.82) is 0 Å². The number of aliphatic hydroxyl groups excluding tert-OH is 2. The molecule has 0 aliphatic carbocycles. The molecule has 0 aromatic carbocycles. The maximum atomic E-state index is 12.0. The first-order valence-electron chi connectivity index (χ1n) is 18.6. The van der Waals surface area contributed by atoms with Crippen LogP contribution in [0.3, 0.4) is 0 Å². The van der Waals surface area contributed by atoms with Crippen LogP contribution < -0.4 is 0 Å². The third-order valence-electron chi connectivity index (χ3n) is 7.32. The molecule has 46 heavy (non-hydrogen) atoms. The summed E-state index contributed by atoms with van der Waals surface area (Å²) in [5.74, 6) is 1.66. The van der Waals surface area contributed by atoms with Crippen LogP contribution in [0.25, 0.3) is 0 Å². The van der Waals surface area contributed by atoms with Crippen molar-refractivity contribution in [2.45, 2.75) is 186 Å². The predicted octanol–water partition coefficient (Wildman–Crippen LogP) is 9.94. The van der Waals surface area contributed by atoms with Crippen molar-refractivity contribution in [1.82, 2.24) is 0 Å². The molecule has 1 saturated heterocycles. The van der Waals surface area contributed by atoms with Crippen molar-refractivity contribution >= 4 is 5.78 Å². The first kappa shape index (κ1) is 51.4. The van der Waals surface area contributed by atoms with E-state index >= 15 is 0 Å². The lowest BCUT2D eigenvalue weighted by molar-refractivity contribution is -0.229. The van der Waals surface area contributed by atoms with E-state index in [2.05, 4.69) is 33.6 Å². The molecule has 0 aromatic rings. The van der Waals surface area contributed by atoms with Crippen LogP contribution in [0.15, 0.2) is 11.8 Å². The van der Waals surface area contributed by atoms with Gasteiger partial charge in [0.15, 0.2) is 6.29 Å². The Kier molecular flexibility index (Phi) is 37.4. The van der Waals surface area contributed by atoms with Gasteiger partial charge in [0.25, 0.3) is 0 Å². The quantitative estimate of drug-likeness (QED) is 0.0655. The van der Waals surface area contributed by atoms with E-state index in [1.807, 2.05) is 76.2 Å². The van der Waals surface area contributed by atoms with Crippen molar-refractivity contribution in [3.05, 3.63) is 11.8 Å². The number of ketones is 1. The van der Waals surface area contributed by atoms with E-state index in [4.69, 9.17) is 25.4 Å². The number of hydrogen-bond acceptors (Lipinski definition) is 7. The van der Waals surface area contributed by atoms with Crippen molar-refractivity contribution in [2.24, 2.45) is 23.7 Å². The molecule has 276 valence electrons. The van der Waals surface area contributed by atoms with Crippen LogP contribution in [0.5, 0.6) is 0 Å². The standard InChI is InChI=1S/C31H54O7.4C2H6/c1-10-25(32)24(9)27(34)19-29(38-30-18-22(7)16-23(8)37-30)28(35-12-3)17-21(6)14-13-15-36-31(20(4)5)26(33)11-2;4*1-2/h1,19-24,26,28-31,33-34H,11-18H2,2-9H3;4*1-2H3/b27-19-;;;;/t21-,22?,23?,24?,26?,28?,29+,30?,31?;;;;/m0..../s1. The average molecular weight is 659 g/mol. The van der Waals surface area contributed by atoms with E-state index < -0.39 is 30.2 Å². The fourth-order valence-electron chi connectivity index (χ4n) is 5.09. The normalized spacial score (nSPS) is 21.4. The summed E-state index contributed by atoms with van der Waals surface area (Å²) in [6.07, 6.45) is 9.81. The van der Waals surface area contributed by atoms with Gasteiger partial charge in [-0.3, -0.25) is 4.79 Å². The summed E-state index contributed by atoms with van der Waals surface area (Å²) < 4.78 is 24.6. The fraction of sp³-hybridized carbons (Fsp3) is 0.872. The van der Waals surface area contributed by atoms with Crippen LogP contribution in [0, 0.1) is 36.0 Å². The van der Waals surface area contributed by atoms with E-state index in [-0.39, 0.29) is 30.0 Å². The van der Waals surface area contributed by atoms with Crippen molar-refractivity contribution in [3.8, 4) is 12.3 Å². The number of hydrogen-bond donors (Lipinski definition) is 2. The molecule has 0 amide bonds. The van der Waals surface area contributed by atoms with E-state index in [9.17, 15) is 15.0 Å². The lowest BCUT2D eigenvalue weighted by Crippen LogP contribution is -2.40. The molecule has 1 fully saturated rings. The SMILES string of the molecule is C#CC(=O)C(C)/C(O)=C/[C@@H](OC1CC(C)CC(C)O1)C(C[C@@H](C)CCCOC(C(C)C)C(O)CC)OCC.CC.CC.CC.CC. The topological polar surface area (TPSA) is 94.5 Å². The lowest BCUT2D eigenvalue weighted by Gasteiger charge is -2.36. The maximum absolute atomic E-state index is 12.0. The Balaban J connectivity index is -0.00000102. The molecule has 0 radical (unpaired) electrons. The van der Waals surface area contributed by atoms with Gasteiger partial charge in [0.05, 0.1) is 30.3 Å². The largest absolute Gasteiger partial charge is 0.512 e. The Morgan fingerprint density at radius 1 is 0.978 bits per heavy atom. The summed E-state index contributed by atoms with van der Waals surface area (Å²) in [4.78, 5) is 12.0. The molecule has 0 bridgehead atoms. The van der Waals surface area contributed by atoms with Crippen LogP contribution in [0.4, 0.5) is 0 Å². The molecule has 1 aliphatic rings. The highest BCUT2D eigenvalue weighted by molar-refractivity contribution is 5.97. The highest BCUT2D eigenvalue weighted by Gasteiger charge is 2.32. The van der Waals surface area contributed by atoms with E-state index in [1.54, 1.807) is 13.0 Å². The van der Waals surface area contributed by atoms with Gasteiger partial charge in [0, 0.05) is 19.6 Å². The Hall–Kier alpha value is -1.43. The maximum Gasteiger partial charge on any atom is 0.215 e. The smallest absolute Gasteiger partial charge is 0.215 e. The van der Waals surface area contributed by atoms with E-state index in [0.29, 0.717) is 37.9 Å². The number of ether oxygens (including phenoxy) is 4. The molecule has 0 aromatic heterocycles. The first-order chi connectivity index (χ1) is 21.9. The van der Waals surface area contributed by atoms with Gasteiger partial charge in [-0.25, -0.2) is 0 Å². The van der Waals surface area contributed by atoms with Crippen molar-refractivity contribution in [2.75, 3.05) is 13.2 Å². The Labute approximate surface area is 286 Å². The molecule has 0 spiro atoms. The van der Waals surface area contributed by atoms with Gasteiger partial charge in [-0.05, 0) is 82.6 Å². The minimum absolute atomic E-state index is 0.0780. The van der Waals surface area contributed by atoms with Crippen LogP contribution >= 0.6 is 0 Å². The summed E-state index contributed by atoms with van der Waals surface area (Å²) in [7, 11) is 0. The van der Waals surface area contributed by atoms with Crippen molar-refractivity contribution in [3.63, 3.8) is 0 Å². The van der Waals surface area contributed by atoms with E-state index in [1.165, 1.54) is 0 Å². The first-order valence-corrected chi connectivity index (χ1v) is 18.6. The van der Waals surface area contributed by atoms with Gasteiger partial charge >= 0.3 is 0 Å². The third kappa shape index (κ3) is 23.0. The predicted molar refractivity (Wildman–Crippen MR) is 196 cm³/mol. The Bertz CT molecular complexity index is 735. The number of Topliss-reactive ketones (excluding diaryl/α,β-unsaturated/α-hetero) is 1.